The Balaban J connectivity index is 1.37. The fraction of sp³-hybridized carbons (Fsp3) is 0.435. The van der Waals surface area contributed by atoms with Gasteiger partial charge in [0.05, 0.1) is 18.8 Å². The number of aryl methyl sites for hydroxylation is 1. The molecule has 0 bridgehead atoms. The molecular formula is C23H30N6O2. The smallest absolute Gasteiger partial charge is 0.259 e. The predicted octanol–water partition coefficient (Wildman–Crippen LogP) is 3.26. The Morgan fingerprint density at radius 2 is 1.97 bits per heavy atom. The van der Waals surface area contributed by atoms with Crippen molar-refractivity contribution in [3.05, 3.63) is 66.4 Å². The molecule has 1 atom stereocenters. The van der Waals surface area contributed by atoms with Gasteiger partial charge in [0.15, 0.2) is 6.10 Å². The topological polar surface area (TPSA) is 77.2 Å². The number of rotatable bonds is 8. The number of carbonyl (C=O) groups is 1. The van der Waals surface area contributed by atoms with Gasteiger partial charge in [-0.25, -0.2) is 9.67 Å². The van der Waals surface area contributed by atoms with E-state index in [0.29, 0.717) is 5.82 Å². The number of anilines is 1. The molecule has 8 nitrogen and oxygen atoms in total. The molecule has 8 heteroatoms. The van der Waals surface area contributed by atoms with Crippen LogP contribution >= 0.6 is 0 Å². The second-order valence-electron chi connectivity index (χ2n) is 7.81. The van der Waals surface area contributed by atoms with Crippen LogP contribution in [0.2, 0.25) is 0 Å². The highest BCUT2D eigenvalue weighted by atomic mass is 16.5. The number of imidazole rings is 1. The van der Waals surface area contributed by atoms with E-state index in [2.05, 4.69) is 31.8 Å². The van der Waals surface area contributed by atoms with Crippen LogP contribution in [0.5, 0.6) is 0 Å². The lowest BCUT2D eigenvalue weighted by molar-refractivity contribution is -0.126. The Morgan fingerprint density at radius 1 is 1.19 bits per heavy atom. The summed E-state index contributed by atoms with van der Waals surface area (Å²) in [4.78, 5) is 19.8. The van der Waals surface area contributed by atoms with E-state index in [4.69, 9.17) is 4.74 Å². The molecule has 0 spiro atoms. The number of carbonyl (C=O) groups excluding carboxylic acids is 1. The molecule has 0 radical (unpaired) electrons. The van der Waals surface area contributed by atoms with Crippen molar-refractivity contribution >= 4 is 11.7 Å². The molecule has 1 aromatic carbocycles. The maximum Gasteiger partial charge on any atom is 0.259 e. The highest BCUT2D eigenvalue weighted by Gasteiger charge is 2.26. The first-order valence-corrected chi connectivity index (χ1v) is 10.8. The molecule has 1 aliphatic heterocycles. The summed E-state index contributed by atoms with van der Waals surface area (Å²) in [6.45, 7) is 5.88. The maximum atomic E-state index is 12.9. The van der Waals surface area contributed by atoms with E-state index >= 15 is 0 Å². The molecule has 1 fully saturated rings. The minimum Gasteiger partial charge on any atom is -0.367 e. The van der Waals surface area contributed by atoms with Crippen molar-refractivity contribution in [3.8, 4) is 0 Å². The van der Waals surface area contributed by atoms with Crippen molar-refractivity contribution < 1.29 is 9.53 Å². The minimum atomic E-state index is -0.659. The van der Waals surface area contributed by atoms with Crippen LogP contribution in [-0.2, 0) is 22.6 Å². The summed E-state index contributed by atoms with van der Waals surface area (Å²) in [6.07, 6.45) is 6.93. The van der Waals surface area contributed by atoms with Gasteiger partial charge in [-0.2, -0.15) is 5.10 Å². The van der Waals surface area contributed by atoms with Crippen LogP contribution in [0.3, 0.4) is 0 Å². The van der Waals surface area contributed by atoms with E-state index < -0.39 is 6.10 Å². The van der Waals surface area contributed by atoms with Crippen molar-refractivity contribution in [2.45, 2.75) is 45.0 Å². The van der Waals surface area contributed by atoms with Gasteiger partial charge >= 0.3 is 0 Å². The highest BCUT2D eigenvalue weighted by Crippen LogP contribution is 2.27. The summed E-state index contributed by atoms with van der Waals surface area (Å²) in [5, 5.41) is 7.51. The number of benzene rings is 1. The number of amides is 1. The third-order valence-corrected chi connectivity index (χ3v) is 5.91. The van der Waals surface area contributed by atoms with E-state index in [1.165, 1.54) is 0 Å². The highest BCUT2D eigenvalue weighted by molar-refractivity contribution is 5.94. The quantitative estimate of drug-likeness (QED) is 0.603. The van der Waals surface area contributed by atoms with Gasteiger partial charge in [0.25, 0.3) is 5.91 Å². The lowest BCUT2D eigenvalue weighted by atomic mass is 10.1. The van der Waals surface area contributed by atoms with Crippen molar-refractivity contribution in [1.29, 1.82) is 0 Å². The monoisotopic (exact) mass is 422 g/mol. The molecule has 0 unspecified atom stereocenters. The Morgan fingerprint density at radius 3 is 2.68 bits per heavy atom. The number of nitrogens with one attached hydrogen (secondary N) is 1. The van der Waals surface area contributed by atoms with Gasteiger partial charge < -0.3 is 14.6 Å². The number of methoxy groups -OCH3 is 1. The second-order valence-corrected chi connectivity index (χ2v) is 7.81. The number of hydrogen-bond donors (Lipinski definition) is 1. The zero-order valence-electron chi connectivity index (χ0n) is 18.1. The molecule has 3 heterocycles. The molecule has 1 saturated heterocycles. The minimum absolute atomic E-state index is 0.195. The Kier molecular flexibility index (Phi) is 6.79. The Labute approximate surface area is 182 Å². The predicted molar refractivity (Wildman–Crippen MR) is 118 cm³/mol. The van der Waals surface area contributed by atoms with Crippen LogP contribution in [0, 0.1) is 0 Å². The first kappa shape index (κ1) is 21.3. The molecule has 0 saturated carbocycles. The standard InChI is InChI=1S/C23H30N6O2/c1-3-28-16-13-24-21(28)17-27-14-10-19(11-15-27)29-20(9-12-25-29)26-23(30)22(31-2)18-7-5-4-6-8-18/h4-9,12-13,16,19,22H,3,10-11,14-15,17H2,1-2H3,(H,26,30)/t22-/m1/s1. The summed E-state index contributed by atoms with van der Waals surface area (Å²) in [6, 6.07) is 11.6. The third-order valence-electron chi connectivity index (χ3n) is 5.91. The molecule has 164 valence electrons. The first-order valence-electron chi connectivity index (χ1n) is 10.8. The van der Waals surface area contributed by atoms with Gasteiger partial charge in [-0.15, -0.1) is 0 Å². The van der Waals surface area contributed by atoms with E-state index in [9.17, 15) is 4.79 Å². The van der Waals surface area contributed by atoms with Gasteiger partial charge in [0.1, 0.15) is 11.6 Å². The average molecular weight is 423 g/mol. The molecule has 1 aliphatic rings. The number of hydrogen-bond acceptors (Lipinski definition) is 5. The number of likely N-dealkylation sites (tertiary alicyclic amines) is 1. The van der Waals surface area contributed by atoms with Crippen LogP contribution < -0.4 is 5.32 Å². The fourth-order valence-electron chi connectivity index (χ4n) is 4.22. The van der Waals surface area contributed by atoms with Crippen LogP contribution in [0.4, 0.5) is 5.82 Å². The Hall–Kier alpha value is -2.97. The summed E-state index contributed by atoms with van der Waals surface area (Å²) in [5.74, 6) is 1.63. The molecule has 1 N–H and O–H groups in total. The van der Waals surface area contributed by atoms with Crippen LogP contribution in [-0.4, -0.2) is 50.3 Å². The molecule has 2 aromatic heterocycles. The van der Waals surface area contributed by atoms with Gasteiger partial charge in [-0.3, -0.25) is 9.69 Å². The van der Waals surface area contributed by atoms with Gasteiger partial charge in [0.2, 0.25) is 0 Å². The lowest BCUT2D eigenvalue weighted by Crippen LogP contribution is -2.35. The summed E-state index contributed by atoms with van der Waals surface area (Å²) in [7, 11) is 1.55. The van der Waals surface area contributed by atoms with E-state index in [0.717, 1.165) is 50.4 Å². The van der Waals surface area contributed by atoms with Crippen molar-refractivity contribution in [2.24, 2.45) is 0 Å². The van der Waals surface area contributed by atoms with E-state index in [-0.39, 0.29) is 11.9 Å². The molecule has 31 heavy (non-hydrogen) atoms. The van der Waals surface area contributed by atoms with Crippen LogP contribution in [0.25, 0.3) is 0 Å². The largest absolute Gasteiger partial charge is 0.367 e. The van der Waals surface area contributed by atoms with Crippen molar-refractivity contribution in [1.82, 2.24) is 24.2 Å². The molecule has 4 rings (SSSR count). The molecule has 3 aromatic rings. The number of nitrogens with zero attached hydrogens (tertiary/aromatic N) is 5. The number of ether oxygens (including phenoxy) is 1. The van der Waals surface area contributed by atoms with Crippen LogP contribution in [0.15, 0.2) is 55.0 Å². The lowest BCUT2D eigenvalue weighted by Gasteiger charge is -2.32. The Bertz CT molecular complexity index is 975. The normalized spacial score (nSPS) is 16.3. The second kappa shape index (κ2) is 9.89. The van der Waals surface area contributed by atoms with Gasteiger partial charge in [-0.1, -0.05) is 30.3 Å². The summed E-state index contributed by atoms with van der Waals surface area (Å²) >= 11 is 0. The van der Waals surface area contributed by atoms with E-state index in [1.54, 1.807) is 13.3 Å². The number of aromatic nitrogens is 4. The van der Waals surface area contributed by atoms with Crippen molar-refractivity contribution in [2.75, 3.05) is 25.5 Å². The average Bonchev–Trinajstić information content (AvgIpc) is 3.45. The van der Waals surface area contributed by atoms with Gasteiger partial charge in [0, 0.05) is 45.2 Å². The molecule has 1 amide bonds. The van der Waals surface area contributed by atoms with Crippen LogP contribution in [0.1, 0.15) is 43.3 Å². The zero-order valence-corrected chi connectivity index (χ0v) is 18.1. The summed E-state index contributed by atoms with van der Waals surface area (Å²) in [5.41, 5.74) is 0.826. The third kappa shape index (κ3) is 4.86. The fourth-order valence-corrected chi connectivity index (χ4v) is 4.22. The SMILES string of the molecule is CCn1ccnc1CN1CCC(n2nccc2NC(=O)[C@H](OC)c2ccccc2)CC1. The van der Waals surface area contributed by atoms with Crippen molar-refractivity contribution in [3.63, 3.8) is 0 Å². The molecule has 0 aliphatic carbocycles. The zero-order chi connectivity index (χ0) is 21.6. The molecular weight excluding hydrogens is 392 g/mol. The van der Waals surface area contributed by atoms with E-state index in [1.807, 2.05) is 53.5 Å². The number of piperidine rings is 1. The van der Waals surface area contributed by atoms with Gasteiger partial charge in [-0.05, 0) is 25.3 Å². The summed E-state index contributed by atoms with van der Waals surface area (Å²) < 4.78 is 9.59. The maximum absolute atomic E-state index is 12.9. The first-order chi connectivity index (χ1) is 15.2.